The lowest BCUT2D eigenvalue weighted by atomic mass is 9.89. The van der Waals surface area contributed by atoms with E-state index in [1.165, 1.54) is 15.4 Å². The SMILES string of the molecule is C=CS(=O)(=O)N1CCN(c2nc(OC[C@@H]3CCCN3C)nc3c2CN(C)C(c2c(C)ccc4[nH]ncc24)C3)C[C@@H]1CC#N. The fourth-order valence-electron chi connectivity index (χ4n) is 6.86. The average molecular weight is 606 g/mol. The van der Waals surface area contributed by atoms with E-state index in [0.29, 0.717) is 44.7 Å². The number of nitriles is 1. The van der Waals surface area contributed by atoms with Crippen LogP contribution in [0.2, 0.25) is 0 Å². The summed E-state index contributed by atoms with van der Waals surface area (Å²) in [4.78, 5) is 16.7. The number of aryl methyl sites for hydroxylation is 1. The van der Waals surface area contributed by atoms with E-state index >= 15 is 0 Å². The highest BCUT2D eigenvalue weighted by molar-refractivity contribution is 7.92. The van der Waals surface area contributed by atoms with E-state index in [4.69, 9.17) is 14.7 Å². The summed E-state index contributed by atoms with van der Waals surface area (Å²) in [6.45, 7) is 8.81. The molecule has 0 amide bonds. The quantitative estimate of drug-likeness (QED) is 0.408. The summed E-state index contributed by atoms with van der Waals surface area (Å²) in [5.41, 5.74) is 5.37. The summed E-state index contributed by atoms with van der Waals surface area (Å²) in [6, 6.07) is 6.58. The van der Waals surface area contributed by atoms with Crippen LogP contribution in [-0.2, 0) is 23.0 Å². The Morgan fingerprint density at radius 3 is 2.77 bits per heavy atom. The van der Waals surface area contributed by atoms with Crippen molar-refractivity contribution in [2.75, 3.05) is 51.8 Å². The Balaban J connectivity index is 1.37. The lowest BCUT2D eigenvalue weighted by Gasteiger charge is -2.42. The molecule has 3 aromatic rings. The van der Waals surface area contributed by atoms with E-state index in [0.717, 1.165) is 52.8 Å². The third-order valence-electron chi connectivity index (χ3n) is 9.26. The number of benzene rings is 1. The normalized spacial score (nSPS) is 23.8. The van der Waals surface area contributed by atoms with E-state index < -0.39 is 16.1 Å². The number of anilines is 1. The maximum atomic E-state index is 12.7. The lowest BCUT2D eigenvalue weighted by molar-refractivity contribution is 0.183. The highest BCUT2D eigenvalue weighted by Crippen LogP contribution is 2.40. The topological polar surface area (TPSA) is 135 Å². The number of nitrogens with one attached hydrogen (secondary N) is 1. The van der Waals surface area contributed by atoms with Crippen LogP contribution in [0.25, 0.3) is 10.9 Å². The first-order chi connectivity index (χ1) is 20.7. The predicted octanol–water partition coefficient (Wildman–Crippen LogP) is 2.74. The van der Waals surface area contributed by atoms with Crippen molar-refractivity contribution in [1.82, 2.24) is 34.3 Å². The van der Waals surface area contributed by atoms with Crippen LogP contribution in [0.4, 0.5) is 5.82 Å². The van der Waals surface area contributed by atoms with Crippen LogP contribution in [0, 0.1) is 18.3 Å². The number of sulfonamides is 1. The van der Waals surface area contributed by atoms with Crippen LogP contribution in [0.5, 0.6) is 6.01 Å². The molecule has 13 heteroatoms. The minimum atomic E-state index is -3.67. The number of hydrogen-bond donors (Lipinski definition) is 1. The zero-order valence-electron chi connectivity index (χ0n) is 25.0. The Morgan fingerprint density at radius 1 is 1.19 bits per heavy atom. The van der Waals surface area contributed by atoms with Crippen molar-refractivity contribution in [2.45, 2.75) is 57.3 Å². The Morgan fingerprint density at radius 2 is 2.02 bits per heavy atom. The fraction of sp³-hybridized carbons (Fsp3) is 0.533. The van der Waals surface area contributed by atoms with Gasteiger partial charge >= 0.3 is 6.01 Å². The van der Waals surface area contributed by atoms with Gasteiger partial charge < -0.3 is 14.5 Å². The van der Waals surface area contributed by atoms with Crippen LogP contribution in [0.3, 0.4) is 0 Å². The summed E-state index contributed by atoms with van der Waals surface area (Å²) in [6.07, 6.45) is 4.85. The number of fused-ring (bicyclic) bond motifs is 2. The standard InChI is InChI=1S/C30H39N9O3S/c1-5-43(40,41)39-14-13-38(17-21(39)10-11-31)29-24-18-37(4)27(28-20(2)8-9-25-23(28)16-32-35-25)15-26(24)33-30(34-29)42-19-22-7-6-12-36(22)3/h5,8-9,16,21-22,27H,1,6-7,10,12-15,17-19H2,2-4H3,(H,32,35)/t21-,22-,27?/m0/s1. The molecule has 2 fully saturated rings. The summed E-state index contributed by atoms with van der Waals surface area (Å²) < 4.78 is 33.1. The molecule has 3 atom stereocenters. The number of likely N-dealkylation sites (N-methyl/N-ethyl adjacent to an activating group) is 2. The van der Waals surface area contributed by atoms with E-state index in [9.17, 15) is 13.7 Å². The summed E-state index contributed by atoms with van der Waals surface area (Å²) in [7, 11) is 0.561. The van der Waals surface area contributed by atoms with Gasteiger partial charge in [0.1, 0.15) is 12.4 Å². The number of ether oxygens (including phenoxy) is 1. The number of likely N-dealkylation sites (tertiary alicyclic amines) is 1. The second-order valence-corrected chi connectivity index (χ2v) is 13.7. The number of nitrogens with zero attached hydrogens (tertiary/aromatic N) is 8. The Bertz CT molecular complexity index is 1670. The van der Waals surface area contributed by atoms with Crippen molar-refractivity contribution >= 4 is 26.7 Å². The molecule has 5 heterocycles. The molecule has 6 rings (SSSR count). The molecular weight excluding hydrogens is 566 g/mol. The molecule has 0 bridgehead atoms. The molecule has 3 aliphatic heterocycles. The summed E-state index contributed by atoms with van der Waals surface area (Å²) >= 11 is 0. The second kappa shape index (κ2) is 11.8. The van der Waals surface area contributed by atoms with Gasteiger partial charge in [-0.1, -0.05) is 12.6 Å². The van der Waals surface area contributed by atoms with Gasteiger partial charge in [0, 0.05) is 61.0 Å². The van der Waals surface area contributed by atoms with Gasteiger partial charge in [0.25, 0.3) is 0 Å². The minimum Gasteiger partial charge on any atom is -0.462 e. The first-order valence-electron chi connectivity index (χ1n) is 14.8. The van der Waals surface area contributed by atoms with Crippen molar-refractivity contribution in [3.8, 4) is 12.1 Å². The minimum absolute atomic E-state index is 0.0736. The van der Waals surface area contributed by atoms with Crippen LogP contribution in [-0.4, -0.2) is 102 Å². The number of hydrogen-bond acceptors (Lipinski definition) is 10. The first-order valence-corrected chi connectivity index (χ1v) is 16.3. The smallest absolute Gasteiger partial charge is 0.318 e. The van der Waals surface area contributed by atoms with Crippen LogP contribution >= 0.6 is 0 Å². The third kappa shape index (κ3) is 5.60. The first kappa shape index (κ1) is 29.5. The van der Waals surface area contributed by atoms with Crippen molar-refractivity contribution in [1.29, 1.82) is 5.26 Å². The van der Waals surface area contributed by atoms with Crippen LogP contribution < -0.4 is 9.64 Å². The van der Waals surface area contributed by atoms with Gasteiger partial charge in [0.15, 0.2) is 0 Å². The van der Waals surface area contributed by atoms with Crippen molar-refractivity contribution < 1.29 is 13.2 Å². The van der Waals surface area contributed by atoms with Crippen molar-refractivity contribution in [2.24, 2.45) is 0 Å². The van der Waals surface area contributed by atoms with Crippen molar-refractivity contribution in [3.63, 3.8) is 0 Å². The molecule has 3 aliphatic rings. The molecule has 228 valence electrons. The number of aromatic amines is 1. The molecule has 0 radical (unpaired) electrons. The van der Waals surface area contributed by atoms with Crippen LogP contribution in [0.15, 0.2) is 30.3 Å². The number of H-pyrrole nitrogens is 1. The average Bonchev–Trinajstić information content (AvgIpc) is 3.64. The van der Waals surface area contributed by atoms with Gasteiger partial charge in [-0.15, -0.1) is 0 Å². The Hall–Kier alpha value is -3.57. The molecule has 12 nitrogen and oxygen atoms in total. The van der Waals surface area contributed by atoms with E-state index in [-0.39, 0.29) is 19.0 Å². The summed E-state index contributed by atoms with van der Waals surface area (Å²) in [5, 5.41) is 19.0. The van der Waals surface area contributed by atoms with E-state index in [2.05, 4.69) is 70.7 Å². The zero-order valence-corrected chi connectivity index (χ0v) is 25.8. The maximum Gasteiger partial charge on any atom is 0.318 e. The van der Waals surface area contributed by atoms with Crippen molar-refractivity contribution in [3.05, 3.63) is 52.7 Å². The molecule has 2 aromatic heterocycles. The van der Waals surface area contributed by atoms with Gasteiger partial charge in [-0.2, -0.15) is 24.6 Å². The number of aromatic nitrogens is 4. The Labute approximate surface area is 253 Å². The molecule has 0 saturated carbocycles. The van der Waals surface area contributed by atoms with E-state index in [1.807, 2.05) is 6.20 Å². The summed E-state index contributed by atoms with van der Waals surface area (Å²) in [5.74, 6) is 0.752. The van der Waals surface area contributed by atoms with Gasteiger partial charge in [-0.3, -0.25) is 10.00 Å². The molecule has 0 aliphatic carbocycles. The lowest BCUT2D eigenvalue weighted by Crippen LogP contribution is -2.55. The largest absolute Gasteiger partial charge is 0.462 e. The van der Waals surface area contributed by atoms with Gasteiger partial charge in [-0.25, -0.2) is 8.42 Å². The van der Waals surface area contributed by atoms with Gasteiger partial charge in [0.05, 0.1) is 35.9 Å². The molecule has 1 N–H and O–H groups in total. The zero-order chi connectivity index (χ0) is 30.3. The van der Waals surface area contributed by atoms with Gasteiger partial charge in [0.2, 0.25) is 10.0 Å². The highest BCUT2D eigenvalue weighted by Gasteiger charge is 2.38. The molecule has 2 saturated heterocycles. The maximum absolute atomic E-state index is 12.7. The number of rotatable bonds is 8. The highest BCUT2D eigenvalue weighted by atomic mass is 32.2. The molecular formula is C30H39N9O3S. The fourth-order valence-corrected chi connectivity index (χ4v) is 7.94. The molecule has 1 unspecified atom stereocenters. The van der Waals surface area contributed by atoms with Crippen LogP contribution in [0.1, 0.15) is 47.7 Å². The molecule has 1 aromatic carbocycles. The number of piperazine rings is 1. The van der Waals surface area contributed by atoms with E-state index in [1.54, 1.807) is 0 Å². The molecule has 0 spiro atoms. The second-order valence-electron chi connectivity index (χ2n) is 11.9. The molecule has 43 heavy (non-hydrogen) atoms. The predicted molar refractivity (Wildman–Crippen MR) is 164 cm³/mol. The monoisotopic (exact) mass is 605 g/mol. The van der Waals surface area contributed by atoms with Gasteiger partial charge in [-0.05, 0) is 57.6 Å². The third-order valence-corrected chi connectivity index (χ3v) is 10.8. The Kier molecular flexibility index (Phi) is 8.12.